The Kier molecular flexibility index (Phi) is 6.97. The zero-order valence-corrected chi connectivity index (χ0v) is 11.8. The number of carbonyl (C=O) groups is 1. The van der Waals surface area contributed by atoms with Gasteiger partial charge in [-0.15, -0.1) is 0 Å². The maximum Gasteiger partial charge on any atom is 0.221 e. The fourth-order valence-corrected chi connectivity index (χ4v) is 1.85. The van der Waals surface area contributed by atoms with Crippen LogP contribution in [0.25, 0.3) is 0 Å². The van der Waals surface area contributed by atoms with Crippen LogP contribution in [0.1, 0.15) is 31.7 Å². The van der Waals surface area contributed by atoms with Crippen molar-refractivity contribution < 1.29 is 9.53 Å². The fourth-order valence-electron chi connectivity index (χ4n) is 1.85. The van der Waals surface area contributed by atoms with Gasteiger partial charge in [0.2, 0.25) is 5.91 Å². The number of nitrogens with two attached hydrogens (primary N) is 1. The van der Waals surface area contributed by atoms with Crippen LogP contribution in [0, 0.1) is 6.92 Å². The molecule has 1 rings (SSSR count). The highest BCUT2D eigenvalue weighted by molar-refractivity contribution is 5.76. The minimum absolute atomic E-state index is 0.00575. The largest absolute Gasteiger partial charge is 0.492 e. The third-order valence-electron chi connectivity index (χ3n) is 2.79. The van der Waals surface area contributed by atoms with E-state index in [1.165, 1.54) is 0 Å². The van der Waals surface area contributed by atoms with Crippen molar-refractivity contribution in [2.45, 2.75) is 39.2 Å². The van der Waals surface area contributed by atoms with Gasteiger partial charge >= 0.3 is 0 Å². The van der Waals surface area contributed by atoms with E-state index in [1.807, 2.05) is 31.2 Å². The maximum atomic E-state index is 11.5. The molecule has 4 nitrogen and oxygen atoms in total. The average molecular weight is 264 g/mol. The molecule has 19 heavy (non-hydrogen) atoms. The Balaban J connectivity index is 2.15. The van der Waals surface area contributed by atoms with Gasteiger partial charge in [-0.1, -0.05) is 25.5 Å². The first-order valence-electron chi connectivity index (χ1n) is 6.83. The number of nitrogens with one attached hydrogen (secondary N) is 1. The summed E-state index contributed by atoms with van der Waals surface area (Å²) >= 11 is 0. The Morgan fingerprint density at radius 2 is 2.26 bits per heavy atom. The lowest BCUT2D eigenvalue weighted by Gasteiger charge is -2.11. The molecular formula is C15H24N2O2. The molecular weight excluding hydrogens is 240 g/mol. The maximum absolute atomic E-state index is 11.5. The van der Waals surface area contributed by atoms with Crippen LogP contribution < -0.4 is 15.8 Å². The number of ether oxygens (including phenoxy) is 1. The molecule has 106 valence electrons. The van der Waals surface area contributed by atoms with E-state index in [4.69, 9.17) is 10.5 Å². The zero-order valence-electron chi connectivity index (χ0n) is 11.8. The molecule has 1 atom stereocenters. The highest BCUT2D eigenvalue weighted by atomic mass is 16.5. The number of carbonyl (C=O) groups excluding carboxylic acids is 1. The predicted octanol–water partition coefficient (Wildman–Crippen LogP) is 2.01. The average Bonchev–Trinajstić information content (AvgIpc) is 2.35. The van der Waals surface area contributed by atoms with Gasteiger partial charge in [0.1, 0.15) is 12.4 Å². The monoisotopic (exact) mass is 264 g/mol. The summed E-state index contributed by atoms with van der Waals surface area (Å²) in [7, 11) is 0. The minimum Gasteiger partial charge on any atom is -0.492 e. The molecule has 3 N–H and O–H groups in total. The van der Waals surface area contributed by atoms with Crippen LogP contribution in [0.4, 0.5) is 0 Å². The molecule has 0 aromatic heterocycles. The molecule has 0 fully saturated rings. The second kappa shape index (κ2) is 8.53. The summed E-state index contributed by atoms with van der Waals surface area (Å²) in [6.07, 6.45) is 2.27. The van der Waals surface area contributed by atoms with E-state index in [-0.39, 0.29) is 11.9 Å². The minimum atomic E-state index is -0.0392. The first-order valence-corrected chi connectivity index (χ1v) is 6.83. The van der Waals surface area contributed by atoms with Crippen molar-refractivity contribution in [3.8, 4) is 5.75 Å². The van der Waals surface area contributed by atoms with Gasteiger partial charge in [0.05, 0.1) is 6.54 Å². The SMILES string of the molecule is CCCC(N)CC(=O)NCCOc1cccc(C)c1. The summed E-state index contributed by atoms with van der Waals surface area (Å²) in [5.74, 6) is 0.825. The first-order chi connectivity index (χ1) is 9.11. The molecule has 0 spiro atoms. The van der Waals surface area contributed by atoms with Gasteiger partial charge in [0.15, 0.2) is 0 Å². The van der Waals surface area contributed by atoms with Crippen LogP contribution in [0.5, 0.6) is 5.75 Å². The Morgan fingerprint density at radius 3 is 2.95 bits per heavy atom. The van der Waals surface area contributed by atoms with Gasteiger partial charge < -0.3 is 15.8 Å². The number of hydrogen-bond acceptors (Lipinski definition) is 3. The number of rotatable bonds is 8. The second-order valence-corrected chi connectivity index (χ2v) is 4.77. The van der Waals surface area contributed by atoms with E-state index in [2.05, 4.69) is 12.2 Å². The normalized spacial score (nSPS) is 11.9. The Labute approximate surface area is 115 Å². The molecule has 1 amide bonds. The van der Waals surface area contributed by atoms with Crippen molar-refractivity contribution >= 4 is 5.91 Å². The summed E-state index contributed by atoms with van der Waals surface area (Å²) in [5.41, 5.74) is 6.96. The molecule has 1 unspecified atom stereocenters. The van der Waals surface area contributed by atoms with E-state index in [0.29, 0.717) is 19.6 Å². The first kappa shape index (κ1) is 15.5. The molecule has 1 aromatic carbocycles. The highest BCUT2D eigenvalue weighted by Crippen LogP contribution is 2.11. The van der Waals surface area contributed by atoms with Gasteiger partial charge in [0.25, 0.3) is 0 Å². The van der Waals surface area contributed by atoms with Crippen LogP contribution in [-0.2, 0) is 4.79 Å². The number of aryl methyl sites for hydroxylation is 1. The number of benzene rings is 1. The summed E-state index contributed by atoms with van der Waals surface area (Å²) in [4.78, 5) is 11.5. The van der Waals surface area contributed by atoms with Crippen molar-refractivity contribution in [3.05, 3.63) is 29.8 Å². The van der Waals surface area contributed by atoms with Crippen molar-refractivity contribution in [3.63, 3.8) is 0 Å². The summed E-state index contributed by atoms with van der Waals surface area (Å²) in [6, 6.07) is 7.81. The number of hydrogen-bond donors (Lipinski definition) is 2. The Bertz CT molecular complexity index is 393. The molecule has 0 aliphatic carbocycles. The second-order valence-electron chi connectivity index (χ2n) is 4.77. The smallest absolute Gasteiger partial charge is 0.221 e. The summed E-state index contributed by atoms with van der Waals surface area (Å²) in [5, 5.41) is 2.81. The fraction of sp³-hybridized carbons (Fsp3) is 0.533. The molecule has 4 heteroatoms. The van der Waals surface area contributed by atoms with Crippen molar-refractivity contribution in [2.24, 2.45) is 5.73 Å². The molecule has 0 aliphatic rings. The van der Waals surface area contributed by atoms with Crippen LogP contribution in [-0.4, -0.2) is 25.1 Å². The highest BCUT2D eigenvalue weighted by Gasteiger charge is 2.07. The zero-order chi connectivity index (χ0) is 14.1. The van der Waals surface area contributed by atoms with E-state index in [0.717, 1.165) is 24.2 Å². The molecule has 0 aliphatic heterocycles. The summed E-state index contributed by atoms with van der Waals surface area (Å²) in [6.45, 7) is 5.06. The lowest BCUT2D eigenvalue weighted by Crippen LogP contribution is -2.33. The molecule has 0 saturated carbocycles. The van der Waals surface area contributed by atoms with Crippen LogP contribution in [0.3, 0.4) is 0 Å². The lowest BCUT2D eigenvalue weighted by molar-refractivity contribution is -0.121. The topological polar surface area (TPSA) is 64.4 Å². The quantitative estimate of drug-likeness (QED) is 0.706. The van der Waals surface area contributed by atoms with Crippen LogP contribution >= 0.6 is 0 Å². The Morgan fingerprint density at radius 1 is 1.47 bits per heavy atom. The third kappa shape index (κ3) is 6.82. The van der Waals surface area contributed by atoms with Gasteiger partial charge in [-0.05, 0) is 31.0 Å². The van der Waals surface area contributed by atoms with Crippen molar-refractivity contribution in [2.75, 3.05) is 13.2 Å². The Hall–Kier alpha value is -1.55. The van der Waals surface area contributed by atoms with Crippen LogP contribution in [0.15, 0.2) is 24.3 Å². The van der Waals surface area contributed by atoms with E-state index in [1.54, 1.807) is 0 Å². The lowest BCUT2D eigenvalue weighted by atomic mass is 10.1. The third-order valence-corrected chi connectivity index (χ3v) is 2.79. The molecule has 0 saturated heterocycles. The van der Waals surface area contributed by atoms with E-state index < -0.39 is 0 Å². The molecule has 1 aromatic rings. The number of amides is 1. The van der Waals surface area contributed by atoms with Gasteiger partial charge in [-0.25, -0.2) is 0 Å². The van der Waals surface area contributed by atoms with Gasteiger partial charge in [-0.3, -0.25) is 4.79 Å². The van der Waals surface area contributed by atoms with Gasteiger partial charge in [0, 0.05) is 12.5 Å². The summed E-state index contributed by atoms with van der Waals surface area (Å²) < 4.78 is 5.54. The predicted molar refractivity (Wildman–Crippen MR) is 77.2 cm³/mol. The molecule has 0 bridgehead atoms. The van der Waals surface area contributed by atoms with Gasteiger partial charge in [-0.2, -0.15) is 0 Å². The van der Waals surface area contributed by atoms with Crippen LogP contribution in [0.2, 0.25) is 0 Å². The molecule has 0 heterocycles. The van der Waals surface area contributed by atoms with Crippen molar-refractivity contribution in [1.29, 1.82) is 0 Å². The van der Waals surface area contributed by atoms with Crippen molar-refractivity contribution in [1.82, 2.24) is 5.32 Å². The van der Waals surface area contributed by atoms with E-state index >= 15 is 0 Å². The molecule has 0 radical (unpaired) electrons. The standard InChI is InChI=1S/C15H24N2O2/c1-3-5-13(16)11-15(18)17-8-9-19-14-7-4-6-12(2)10-14/h4,6-7,10,13H,3,5,8-9,11,16H2,1-2H3,(H,17,18). The van der Waals surface area contributed by atoms with E-state index in [9.17, 15) is 4.79 Å².